The fraction of sp³-hybridized carbons (Fsp3) is 0.222. The van der Waals surface area contributed by atoms with Crippen molar-refractivity contribution in [3.05, 3.63) is 77.4 Å². The Morgan fingerprint density at radius 2 is 1.60 bits per heavy atom. The Morgan fingerprint density at radius 3 is 2.26 bits per heavy atom. The van der Waals surface area contributed by atoms with E-state index in [0.717, 1.165) is 28.1 Å². The molecule has 1 amide bonds. The topological polar surface area (TPSA) is 78.3 Å². The van der Waals surface area contributed by atoms with Crippen LogP contribution in [0.4, 0.5) is 5.69 Å². The Hall–Kier alpha value is -3.78. The van der Waals surface area contributed by atoms with Crippen molar-refractivity contribution >= 4 is 23.4 Å². The number of aromatic nitrogens is 3. The summed E-state index contributed by atoms with van der Waals surface area (Å²) in [7, 11) is 3.20. The molecule has 4 aromatic rings. The number of hydrogen-bond acceptors (Lipinski definition) is 6. The lowest BCUT2D eigenvalue weighted by Gasteiger charge is -2.14. The lowest BCUT2D eigenvalue weighted by atomic mass is 10.1. The molecule has 0 fully saturated rings. The lowest BCUT2D eigenvalue weighted by Crippen LogP contribution is -2.16. The molecule has 0 radical (unpaired) electrons. The highest BCUT2D eigenvalue weighted by Crippen LogP contribution is 2.34. The molecule has 180 valence electrons. The van der Waals surface area contributed by atoms with Crippen LogP contribution < -0.4 is 14.8 Å². The highest BCUT2D eigenvalue weighted by Gasteiger charge is 2.19. The second-order valence-corrected chi connectivity index (χ2v) is 9.10. The first-order valence-electron chi connectivity index (χ1n) is 11.1. The maximum absolute atomic E-state index is 12.8. The molecule has 0 spiro atoms. The largest absolute Gasteiger partial charge is 0.493 e. The van der Waals surface area contributed by atoms with Gasteiger partial charge in [0.2, 0.25) is 5.91 Å². The predicted molar refractivity (Wildman–Crippen MR) is 140 cm³/mol. The van der Waals surface area contributed by atoms with Gasteiger partial charge in [-0.2, -0.15) is 0 Å². The molecule has 1 heterocycles. The minimum absolute atomic E-state index is 0.0969. The van der Waals surface area contributed by atoms with Crippen LogP contribution in [0.3, 0.4) is 0 Å². The van der Waals surface area contributed by atoms with E-state index in [-0.39, 0.29) is 11.7 Å². The van der Waals surface area contributed by atoms with Crippen molar-refractivity contribution in [2.45, 2.75) is 25.9 Å². The number of para-hydroxylation sites is 1. The minimum atomic E-state index is -0.0969. The molecule has 4 rings (SSSR count). The predicted octanol–water partition coefficient (Wildman–Crippen LogP) is 5.61. The van der Waals surface area contributed by atoms with E-state index in [4.69, 9.17) is 9.47 Å². The highest BCUT2D eigenvalue weighted by atomic mass is 32.2. The van der Waals surface area contributed by atoms with Crippen LogP contribution in [0.15, 0.2) is 65.8 Å². The van der Waals surface area contributed by atoms with Crippen LogP contribution in [0.1, 0.15) is 16.7 Å². The van der Waals surface area contributed by atoms with Gasteiger partial charge in [-0.25, -0.2) is 0 Å². The van der Waals surface area contributed by atoms with Gasteiger partial charge in [0, 0.05) is 16.9 Å². The number of anilines is 1. The van der Waals surface area contributed by atoms with E-state index in [1.54, 1.807) is 14.2 Å². The molecule has 0 aliphatic rings. The molecule has 0 saturated carbocycles. The van der Waals surface area contributed by atoms with Crippen molar-refractivity contribution in [2.75, 3.05) is 25.3 Å². The van der Waals surface area contributed by atoms with Crippen molar-refractivity contribution in [3.63, 3.8) is 0 Å². The van der Waals surface area contributed by atoms with Gasteiger partial charge in [0.1, 0.15) is 0 Å². The Labute approximate surface area is 209 Å². The van der Waals surface area contributed by atoms with E-state index < -0.39 is 0 Å². The molecular weight excluding hydrogens is 460 g/mol. The Morgan fingerprint density at radius 1 is 0.914 bits per heavy atom. The van der Waals surface area contributed by atoms with Crippen LogP contribution in [0, 0.1) is 20.8 Å². The number of aryl methyl sites for hydroxylation is 3. The van der Waals surface area contributed by atoms with Gasteiger partial charge in [0.15, 0.2) is 22.5 Å². The molecule has 0 aliphatic heterocycles. The monoisotopic (exact) mass is 488 g/mol. The van der Waals surface area contributed by atoms with Gasteiger partial charge in [-0.15, -0.1) is 10.2 Å². The molecule has 3 aromatic carbocycles. The lowest BCUT2D eigenvalue weighted by molar-refractivity contribution is -0.113. The summed E-state index contributed by atoms with van der Waals surface area (Å²) in [6, 6.07) is 19.6. The molecule has 1 N–H and O–H groups in total. The van der Waals surface area contributed by atoms with Gasteiger partial charge in [-0.1, -0.05) is 47.7 Å². The number of benzene rings is 3. The minimum Gasteiger partial charge on any atom is -0.493 e. The third-order valence-electron chi connectivity index (χ3n) is 5.56. The summed E-state index contributed by atoms with van der Waals surface area (Å²) in [6.45, 7) is 6.06. The summed E-state index contributed by atoms with van der Waals surface area (Å²) in [5.74, 6) is 1.98. The normalized spacial score (nSPS) is 10.8. The molecule has 0 aliphatic carbocycles. The number of carbonyl (C=O) groups is 1. The number of carbonyl (C=O) groups excluding carboxylic acids is 1. The second-order valence-electron chi connectivity index (χ2n) is 8.16. The Kier molecular flexibility index (Phi) is 7.41. The summed E-state index contributed by atoms with van der Waals surface area (Å²) in [4.78, 5) is 12.8. The quantitative estimate of drug-likeness (QED) is 0.325. The zero-order valence-electron chi connectivity index (χ0n) is 20.5. The third-order valence-corrected chi connectivity index (χ3v) is 6.49. The van der Waals surface area contributed by atoms with Crippen molar-refractivity contribution in [1.82, 2.24) is 14.8 Å². The first-order chi connectivity index (χ1) is 16.9. The fourth-order valence-electron chi connectivity index (χ4n) is 4.02. The van der Waals surface area contributed by atoms with E-state index in [1.165, 1.54) is 17.3 Å². The number of nitrogens with zero attached hydrogens (tertiary/aromatic N) is 3. The summed E-state index contributed by atoms with van der Waals surface area (Å²) >= 11 is 1.34. The van der Waals surface area contributed by atoms with Crippen molar-refractivity contribution in [2.24, 2.45) is 0 Å². The van der Waals surface area contributed by atoms with Crippen LogP contribution in [0.25, 0.3) is 17.1 Å². The maximum atomic E-state index is 12.8. The zero-order chi connectivity index (χ0) is 24.9. The molecule has 0 saturated heterocycles. The molecule has 0 bridgehead atoms. The van der Waals surface area contributed by atoms with Gasteiger partial charge >= 0.3 is 0 Å². The Bertz CT molecular complexity index is 1330. The molecular formula is C27H28N4O3S. The Balaban J connectivity index is 1.63. The average Bonchev–Trinajstić information content (AvgIpc) is 3.29. The summed E-state index contributed by atoms with van der Waals surface area (Å²) in [5.41, 5.74) is 5.84. The molecule has 1 aromatic heterocycles. The van der Waals surface area contributed by atoms with Gasteiger partial charge in [-0.3, -0.25) is 9.36 Å². The van der Waals surface area contributed by atoms with Gasteiger partial charge in [-0.05, 0) is 62.2 Å². The van der Waals surface area contributed by atoms with E-state index in [1.807, 2.05) is 73.9 Å². The second kappa shape index (κ2) is 10.7. The molecule has 35 heavy (non-hydrogen) atoms. The van der Waals surface area contributed by atoms with Crippen molar-refractivity contribution in [1.29, 1.82) is 0 Å². The zero-order valence-corrected chi connectivity index (χ0v) is 21.3. The van der Waals surface area contributed by atoms with Crippen molar-refractivity contribution in [3.8, 4) is 28.6 Å². The number of methoxy groups -OCH3 is 2. The van der Waals surface area contributed by atoms with E-state index >= 15 is 0 Å². The molecule has 0 unspecified atom stereocenters. The maximum Gasteiger partial charge on any atom is 0.234 e. The molecule has 8 heteroatoms. The van der Waals surface area contributed by atoms with Crippen LogP contribution in [0.2, 0.25) is 0 Å². The van der Waals surface area contributed by atoms with Crippen molar-refractivity contribution < 1.29 is 14.3 Å². The van der Waals surface area contributed by atoms with Crippen LogP contribution >= 0.6 is 11.8 Å². The highest BCUT2D eigenvalue weighted by molar-refractivity contribution is 7.99. The van der Waals surface area contributed by atoms with E-state index in [2.05, 4.69) is 27.6 Å². The van der Waals surface area contributed by atoms with Gasteiger partial charge < -0.3 is 14.8 Å². The fourth-order valence-corrected chi connectivity index (χ4v) is 4.77. The number of thioether (sulfide) groups is 1. The SMILES string of the molecule is COc1ccc(-c2nnc(SCC(=O)Nc3c(C)cc(C)cc3C)n2-c2ccccc2)cc1OC. The number of rotatable bonds is 8. The number of hydrogen-bond donors (Lipinski definition) is 1. The third kappa shape index (κ3) is 5.33. The summed E-state index contributed by atoms with van der Waals surface area (Å²) < 4.78 is 12.8. The van der Waals surface area contributed by atoms with E-state index in [9.17, 15) is 4.79 Å². The van der Waals surface area contributed by atoms with Crippen LogP contribution in [-0.2, 0) is 4.79 Å². The molecule has 0 atom stereocenters. The van der Waals surface area contributed by atoms with Crippen LogP contribution in [0.5, 0.6) is 11.5 Å². The first-order valence-corrected chi connectivity index (χ1v) is 12.1. The number of amides is 1. The van der Waals surface area contributed by atoms with Gasteiger partial charge in [0.05, 0.1) is 20.0 Å². The smallest absolute Gasteiger partial charge is 0.234 e. The van der Waals surface area contributed by atoms with Gasteiger partial charge in [0.25, 0.3) is 0 Å². The van der Waals surface area contributed by atoms with Crippen LogP contribution in [-0.4, -0.2) is 40.6 Å². The number of nitrogens with one attached hydrogen (secondary N) is 1. The standard InChI is InChI=1S/C27H28N4O3S/c1-17-13-18(2)25(19(3)14-17)28-24(32)16-35-27-30-29-26(31(27)21-9-7-6-8-10-21)20-11-12-22(33-4)23(15-20)34-5/h6-15H,16H2,1-5H3,(H,28,32). The molecule has 7 nitrogen and oxygen atoms in total. The van der Waals surface area contributed by atoms with E-state index in [0.29, 0.717) is 22.5 Å². The summed E-state index contributed by atoms with van der Waals surface area (Å²) in [5, 5.41) is 12.5. The average molecular weight is 489 g/mol. The first kappa shape index (κ1) is 24.3. The number of ether oxygens (including phenoxy) is 2. The summed E-state index contributed by atoms with van der Waals surface area (Å²) in [6.07, 6.45) is 0.